The van der Waals surface area contributed by atoms with Crippen LogP contribution < -0.4 is 4.74 Å². The normalized spacial score (nSPS) is 12.2. The Kier molecular flexibility index (Phi) is 10.1. The summed E-state index contributed by atoms with van der Waals surface area (Å²) in [5.74, 6) is -0.558. The summed E-state index contributed by atoms with van der Waals surface area (Å²) in [5, 5.41) is 0. The van der Waals surface area contributed by atoms with Gasteiger partial charge in [0.25, 0.3) is 0 Å². The number of ether oxygens (including phenoxy) is 2. The van der Waals surface area contributed by atoms with Crippen LogP contribution >= 0.6 is 0 Å². The Labute approximate surface area is 196 Å². The fraction of sp³-hybridized carbons (Fsp3) is 0.500. The third-order valence-corrected chi connectivity index (χ3v) is 5.42. The second-order valence-electron chi connectivity index (χ2n) is 8.80. The molecule has 1 amide bonds. The Hall–Kier alpha value is -2.67. The van der Waals surface area contributed by atoms with E-state index < -0.39 is 17.7 Å². The molecule has 182 valence electrons. The molecule has 33 heavy (non-hydrogen) atoms. The number of carbonyl (C=O) groups is 1. The average molecular weight is 463 g/mol. The van der Waals surface area contributed by atoms with Crippen LogP contribution in [0.4, 0.5) is 13.6 Å². The van der Waals surface area contributed by atoms with E-state index in [1.54, 1.807) is 6.92 Å². The van der Waals surface area contributed by atoms with Gasteiger partial charge in [0.15, 0.2) is 0 Å². The highest BCUT2D eigenvalue weighted by molar-refractivity contribution is 5.68. The molecule has 0 fully saturated rings. The van der Waals surface area contributed by atoms with E-state index in [-0.39, 0.29) is 30.9 Å². The Balaban J connectivity index is 2.19. The van der Waals surface area contributed by atoms with Crippen LogP contribution in [0.2, 0.25) is 0 Å². The standard InChI is InChI=1S/C26H36F2N2O3/c1-7-21(14-15-29(5)6)30(16-23-24(27)13-8-19(4)25(23)28)26(31)32-17-20-9-11-22(12-10-20)33-18(2)3/h8-13,18,21H,7,14-17H2,1-6H3. The van der Waals surface area contributed by atoms with Crippen LogP contribution in [0.5, 0.6) is 5.75 Å². The maximum absolute atomic E-state index is 14.7. The summed E-state index contributed by atoms with van der Waals surface area (Å²) in [5.41, 5.74) is 1.02. The molecule has 1 unspecified atom stereocenters. The van der Waals surface area contributed by atoms with Crippen molar-refractivity contribution < 1.29 is 23.0 Å². The maximum atomic E-state index is 14.7. The molecule has 0 bridgehead atoms. The van der Waals surface area contributed by atoms with Crippen molar-refractivity contribution >= 4 is 6.09 Å². The van der Waals surface area contributed by atoms with Crippen molar-refractivity contribution in [1.29, 1.82) is 0 Å². The summed E-state index contributed by atoms with van der Waals surface area (Å²) in [7, 11) is 3.89. The number of amides is 1. The van der Waals surface area contributed by atoms with Gasteiger partial charge in [0.2, 0.25) is 0 Å². The highest BCUT2D eigenvalue weighted by Crippen LogP contribution is 2.23. The molecular weight excluding hydrogens is 426 g/mol. The molecule has 0 aliphatic heterocycles. The van der Waals surface area contributed by atoms with Crippen molar-refractivity contribution in [3.05, 3.63) is 64.7 Å². The monoisotopic (exact) mass is 462 g/mol. The van der Waals surface area contributed by atoms with E-state index in [4.69, 9.17) is 9.47 Å². The van der Waals surface area contributed by atoms with E-state index in [1.165, 1.54) is 17.0 Å². The summed E-state index contributed by atoms with van der Waals surface area (Å²) in [4.78, 5) is 16.6. The van der Waals surface area contributed by atoms with Gasteiger partial charge in [-0.15, -0.1) is 0 Å². The predicted octanol–water partition coefficient (Wildman–Crippen LogP) is 5.93. The van der Waals surface area contributed by atoms with Crippen LogP contribution in [-0.4, -0.2) is 48.7 Å². The van der Waals surface area contributed by atoms with E-state index >= 15 is 0 Å². The molecule has 5 nitrogen and oxygen atoms in total. The molecule has 0 aliphatic rings. The molecule has 2 aromatic carbocycles. The van der Waals surface area contributed by atoms with Gasteiger partial charge in [-0.3, -0.25) is 0 Å². The highest BCUT2D eigenvalue weighted by Gasteiger charge is 2.27. The van der Waals surface area contributed by atoms with Crippen molar-refractivity contribution in [2.75, 3.05) is 20.6 Å². The Morgan fingerprint density at radius 1 is 1.06 bits per heavy atom. The van der Waals surface area contributed by atoms with Crippen LogP contribution in [0.25, 0.3) is 0 Å². The molecule has 1 atom stereocenters. The van der Waals surface area contributed by atoms with Gasteiger partial charge in [-0.25, -0.2) is 13.6 Å². The first-order chi connectivity index (χ1) is 15.6. The summed E-state index contributed by atoms with van der Waals surface area (Å²) in [6.45, 7) is 8.03. The fourth-order valence-electron chi connectivity index (χ4n) is 3.52. The second kappa shape index (κ2) is 12.5. The van der Waals surface area contributed by atoms with E-state index in [9.17, 15) is 13.6 Å². The number of rotatable bonds is 11. The molecule has 0 spiro atoms. The Morgan fingerprint density at radius 2 is 1.73 bits per heavy atom. The smallest absolute Gasteiger partial charge is 0.410 e. The molecular formula is C26H36F2N2O3. The Bertz CT molecular complexity index is 901. The summed E-state index contributed by atoms with van der Waals surface area (Å²) >= 11 is 0. The van der Waals surface area contributed by atoms with Crippen LogP contribution in [-0.2, 0) is 17.9 Å². The third-order valence-electron chi connectivity index (χ3n) is 5.42. The summed E-state index contributed by atoms with van der Waals surface area (Å²) in [6, 6.07) is 9.72. The minimum Gasteiger partial charge on any atom is -0.491 e. The van der Waals surface area contributed by atoms with Crippen LogP contribution in [0, 0.1) is 18.6 Å². The van der Waals surface area contributed by atoms with Crippen molar-refractivity contribution in [2.24, 2.45) is 0 Å². The number of halogens is 2. The molecule has 0 N–H and O–H groups in total. The molecule has 0 saturated carbocycles. The largest absolute Gasteiger partial charge is 0.491 e. The topological polar surface area (TPSA) is 42.0 Å². The fourth-order valence-corrected chi connectivity index (χ4v) is 3.52. The lowest BCUT2D eigenvalue weighted by molar-refractivity contribution is 0.0714. The van der Waals surface area contributed by atoms with E-state index in [0.717, 1.165) is 17.9 Å². The molecule has 0 saturated heterocycles. The van der Waals surface area contributed by atoms with Crippen LogP contribution in [0.1, 0.15) is 50.3 Å². The first kappa shape index (κ1) is 26.6. The molecule has 0 aliphatic carbocycles. The minimum absolute atomic E-state index is 0.0557. The van der Waals surface area contributed by atoms with Gasteiger partial charge in [0.05, 0.1) is 12.6 Å². The zero-order valence-corrected chi connectivity index (χ0v) is 20.5. The van der Waals surface area contributed by atoms with Gasteiger partial charge in [-0.2, -0.15) is 0 Å². The lowest BCUT2D eigenvalue weighted by Gasteiger charge is -2.31. The van der Waals surface area contributed by atoms with Crippen LogP contribution in [0.15, 0.2) is 36.4 Å². The van der Waals surface area contributed by atoms with Gasteiger partial charge in [0, 0.05) is 11.6 Å². The molecule has 0 heterocycles. The van der Waals surface area contributed by atoms with Gasteiger partial charge in [0.1, 0.15) is 24.0 Å². The number of aryl methyl sites for hydroxylation is 1. The summed E-state index contributed by atoms with van der Waals surface area (Å²) in [6.07, 6.45) is 0.773. The first-order valence-electron chi connectivity index (χ1n) is 11.4. The molecule has 7 heteroatoms. The van der Waals surface area contributed by atoms with Crippen molar-refractivity contribution in [3.8, 4) is 5.75 Å². The van der Waals surface area contributed by atoms with Crippen molar-refractivity contribution in [2.45, 2.75) is 65.8 Å². The number of nitrogens with zero attached hydrogens (tertiary/aromatic N) is 2. The minimum atomic E-state index is -0.667. The van der Waals surface area contributed by atoms with Gasteiger partial charge < -0.3 is 19.3 Å². The number of benzene rings is 2. The van der Waals surface area contributed by atoms with E-state index in [2.05, 4.69) is 0 Å². The van der Waals surface area contributed by atoms with Crippen molar-refractivity contribution in [3.63, 3.8) is 0 Å². The zero-order valence-electron chi connectivity index (χ0n) is 20.5. The molecule has 0 aromatic heterocycles. The van der Waals surface area contributed by atoms with Gasteiger partial charge >= 0.3 is 6.09 Å². The lowest BCUT2D eigenvalue weighted by atomic mass is 10.1. The quantitative estimate of drug-likeness (QED) is 0.415. The third kappa shape index (κ3) is 8.00. The van der Waals surface area contributed by atoms with Crippen LogP contribution in [0.3, 0.4) is 0 Å². The van der Waals surface area contributed by atoms with Gasteiger partial charge in [-0.05, 0) is 83.6 Å². The number of hydrogen-bond acceptors (Lipinski definition) is 4. The van der Waals surface area contributed by atoms with Crippen molar-refractivity contribution in [1.82, 2.24) is 9.80 Å². The average Bonchev–Trinajstić information content (AvgIpc) is 2.77. The van der Waals surface area contributed by atoms with Gasteiger partial charge in [-0.1, -0.05) is 25.1 Å². The highest BCUT2D eigenvalue weighted by atomic mass is 19.1. The number of hydrogen-bond donors (Lipinski definition) is 0. The maximum Gasteiger partial charge on any atom is 0.410 e. The SMILES string of the molecule is CCC(CCN(C)C)N(Cc1c(F)ccc(C)c1F)C(=O)OCc1ccc(OC(C)C)cc1. The van der Waals surface area contributed by atoms with E-state index in [1.807, 2.05) is 64.0 Å². The number of carbonyl (C=O) groups excluding carboxylic acids is 1. The van der Waals surface area contributed by atoms with E-state index in [0.29, 0.717) is 18.4 Å². The zero-order chi connectivity index (χ0) is 24.5. The molecule has 2 aromatic rings. The Morgan fingerprint density at radius 3 is 2.30 bits per heavy atom. The molecule has 2 rings (SSSR count). The second-order valence-corrected chi connectivity index (χ2v) is 8.80. The summed E-state index contributed by atoms with van der Waals surface area (Å²) < 4.78 is 40.4. The first-order valence-corrected chi connectivity index (χ1v) is 11.4. The lowest BCUT2D eigenvalue weighted by Crippen LogP contribution is -2.41. The predicted molar refractivity (Wildman–Crippen MR) is 126 cm³/mol. The molecule has 0 radical (unpaired) electrons.